The highest BCUT2D eigenvalue weighted by atomic mass is 16.5. The number of rotatable bonds is 10. The van der Waals surface area contributed by atoms with Crippen LogP contribution in [0.2, 0.25) is 0 Å². The fourth-order valence-electron chi connectivity index (χ4n) is 2.16. The zero-order valence-corrected chi connectivity index (χ0v) is 13.1. The van der Waals surface area contributed by atoms with Crippen molar-refractivity contribution in [3.05, 3.63) is 18.5 Å². The summed E-state index contributed by atoms with van der Waals surface area (Å²) in [4.78, 5) is 0. The molecule has 20 heavy (non-hydrogen) atoms. The molecule has 0 amide bonds. The van der Waals surface area contributed by atoms with E-state index in [2.05, 4.69) is 38.1 Å². The van der Waals surface area contributed by atoms with Crippen molar-refractivity contribution in [2.24, 2.45) is 5.92 Å². The summed E-state index contributed by atoms with van der Waals surface area (Å²) in [5.74, 6) is 0.620. The van der Waals surface area contributed by atoms with Crippen LogP contribution in [0, 0.1) is 5.92 Å². The zero-order valence-electron chi connectivity index (χ0n) is 13.1. The van der Waals surface area contributed by atoms with Crippen molar-refractivity contribution in [2.45, 2.75) is 58.9 Å². The van der Waals surface area contributed by atoms with Gasteiger partial charge >= 0.3 is 0 Å². The second-order valence-electron chi connectivity index (χ2n) is 5.96. The smallest absolute Gasteiger partial charge is 0.0897 e. The molecule has 0 bridgehead atoms. The summed E-state index contributed by atoms with van der Waals surface area (Å²) in [7, 11) is 0. The average Bonchev–Trinajstić information content (AvgIpc) is 2.86. The van der Waals surface area contributed by atoms with E-state index >= 15 is 0 Å². The van der Waals surface area contributed by atoms with Gasteiger partial charge in [0.1, 0.15) is 0 Å². The number of aliphatic hydroxyl groups excluding tert-OH is 1. The first-order valence-electron chi connectivity index (χ1n) is 7.47. The number of aliphatic hydroxyl groups is 1. The fraction of sp³-hybridized carbons (Fsp3) is 0.800. The summed E-state index contributed by atoms with van der Waals surface area (Å²) in [5.41, 5.74) is 0. The van der Waals surface area contributed by atoms with Gasteiger partial charge in [-0.2, -0.15) is 5.10 Å². The van der Waals surface area contributed by atoms with Gasteiger partial charge in [-0.3, -0.25) is 4.68 Å². The lowest BCUT2D eigenvalue weighted by Gasteiger charge is -2.20. The molecule has 0 aliphatic carbocycles. The normalized spacial score (nSPS) is 16.3. The molecule has 5 heteroatoms. The van der Waals surface area contributed by atoms with Gasteiger partial charge in [0.05, 0.1) is 25.4 Å². The van der Waals surface area contributed by atoms with E-state index in [1.54, 1.807) is 6.20 Å². The van der Waals surface area contributed by atoms with Gasteiger partial charge in [-0.1, -0.05) is 13.8 Å². The molecule has 1 heterocycles. The Bertz CT molecular complexity index is 341. The Kier molecular flexibility index (Phi) is 7.80. The third kappa shape index (κ3) is 7.62. The molecular weight excluding hydrogens is 254 g/mol. The molecule has 0 aliphatic heterocycles. The van der Waals surface area contributed by atoms with Gasteiger partial charge in [-0.25, -0.2) is 0 Å². The highest BCUT2D eigenvalue weighted by molar-refractivity contribution is 4.79. The Balaban J connectivity index is 2.11. The van der Waals surface area contributed by atoms with Crippen molar-refractivity contribution in [1.82, 2.24) is 15.1 Å². The minimum absolute atomic E-state index is 0.200. The molecule has 0 saturated heterocycles. The van der Waals surface area contributed by atoms with Crippen molar-refractivity contribution in [2.75, 3.05) is 13.2 Å². The molecule has 0 saturated carbocycles. The Morgan fingerprint density at radius 3 is 2.65 bits per heavy atom. The number of nitrogens with one attached hydrogen (secondary N) is 1. The Labute approximate surface area is 122 Å². The van der Waals surface area contributed by atoms with E-state index < -0.39 is 6.10 Å². The van der Waals surface area contributed by atoms with Gasteiger partial charge in [0.15, 0.2) is 0 Å². The Hall–Kier alpha value is -0.910. The summed E-state index contributed by atoms with van der Waals surface area (Å²) in [6.07, 6.45) is 4.46. The minimum atomic E-state index is -0.468. The molecule has 1 aromatic rings. The number of ether oxygens (including phenoxy) is 1. The van der Waals surface area contributed by atoms with E-state index in [1.165, 1.54) is 0 Å². The van der Waals surface area contributed by atoms with E-state index in [-0.39, 0.29) is 12.1 Å². The minimum Gasteiger partial charge on any atom is -0.389 e. The lowest BCUT2D eigenvalue weighted by Crippen LogP contribution is -2.38. The molecule has 5 nitrogen and oxygen atoms in total. The maximum atomic E-state index is 9.90. The van der Waals surface area contributed by atoms with Crippen molar-refractivity contribution in [1.29, 1.82) is 0 Å². The highest BCUT2D eigenvalue weighted by Gasteiger charge is 2.11. The summed E-state index contributed by atoms with van der Waals surface area (Å²) >= 11 is 0. The quantitative estimate of drug-likeness (QED) is 0.686. The molecular formula is C15H29N3O2. The standard InChI is InChI=1S/C15H29N3O2/c1-12(2)8-14(4)20-11-15(19)9-16-13(3)10-18-7-5-6-17-18/h5-7,12-16,19H,8-11H2,1-4H3. The molecule has 1 rings (SSSR count). The summed E-state index contributed by atoms with van der Waals surface area (Å²) in [5, 5.41) is 17.4. The van der Waals surface area contributed by atoms with Crippen molar-refractivity contribution in [3.8, 4) is 0 Å². The van der Waals surface area contributed by atoms with Gasteiger partial charge in [0.25, 0.3) is 0 Å². The number of aromatic nitrogens is 2. The summed E-state index contributed by atoms with van der Waals surface area (Å²) in [6, 6.07) is 2.17. The topological polar surface area (TPSA) is 59.3 Å². The van der Waals surface area contributed by atoms with Gasteiger partial charge in [-0.15, -0.1) is 0 Å². The van der Waals surface area contributed by atoms with E-state index in [9.17, 15) is 5.11 Å². The van der Waals surface area contributed by atoms with E-state index in [0.29, 0.717) is 19.1 Å². The van der Waals surface area contributed by atoms with Gasteiger partial charge in [0.2, 0.25) is 0 Å². The van der Waals surface area contributed by atoms with Crippen LogP contribution in [0.4, 0.5) is 0 Å². The largest absolute Gasteiger partial charge is 0.389 e. The lowest BCUT2D eigenvalue weighted by molar-refractivity contribution is -0.00927. The molecule has 3 atom stereocenters. The van der Waals surface area contributed by atoms with Gasteiger partial charge in [-0.05, 0) is 32.3 Å². The molecule has 0 spiro atoms. The predicted octanol–water partition coefficient (Wildman–Crippen LogP) is 1.67. The molecule has 3 unspecified atom stereocenters. The van der Waals surface area contributed by atoms with Crippen LogP contribution in [0.5, 0.6) is 0 Å². The molecule has 0 fully saturated rings. The van der Waals surface area contributed by atoms with Crippen LogP contribution < -0.4 is 5.32 Å². The van der Waals surface area contributed by atoms with Gasteiger partial charge < -0.3 is 15.2 Å². The number of hydrogen-bond donors (Lipinski definition) is 2. The van der Waals surface area contributed by atoms with Crippen LogP contribution in [0.25, 0.3) is 0 Å². The second kappa shape index (κ2) is 9.10. The van der Waals surface area contributed by atoms with Gasteiger partial charge in [0, 0.05) is 25.0 Å². The zero-order chi connectivity index (χ0) is 15.0. The SMILES string of the molecule is CC(C)CC(C)OCC(O)CNC(C)Cn1cccn1. The van der Waals surface area contributed by atoms with Crippen molar-refractivity contribution >= 4 is 0 Å². The van der Waals surface area contributed by atoms with Crippen LogP contribution in [-0.4, -0.2) is 46.3 Å². The molecule has 116 valence electrons. The predicted molar refractivity (Wildman–Crippen MR) is 80.6 cm³/mol. The first kappa shape index (κ1) is 17.1. The third-order valence-electron chi connectivity index (χ3n) is 3.10. The molecule has 2 N–H and O–H groups in total. The third-order valence-corrected chi connectivity index (χ3v) is 3.10. The Morgan fingerprint density at radius 1 is 1.30 bits per heavy atom. The number of hydrogen-bond acceptors (Lipinski definition) is 4. The summed E-state index contributed by atoms with van der Waals surface area (Å²) < 4.78 is 7.53. The van der Waals surface area contributed by atoms with Crippen molar-refractivity contribution < 1.29 is 9.84 Å². The first-order valence-corrected chi connectivity index (χ1v) is 7.47. The van der Waals surface area contributed by atoms with Crippen LogP contribution in [0.15, 0.2) is 18.5 Å². The second-order valence-corrected chi connectivity index (χ2v) is 5.96. The average molecular weight is 283 g/mol. The maximum Gasteiger partial charge on any atom is 0.0897 e. The molecule has 0 aliphatic rings. The van der Waals surface area contributed by atoms with E-state index in [4.69, 9.17) is 4.74 Å². The maximum absolute atomic E-state index is 9.90. The summed E-state index contributed by atoms with van der Waals surface area (Å²) in [6.45, 7) is 10.2. The van der Waals surface area contributed by atoms with Crippen LogP contribution in [-0.2, 0) is 11.3 Å². The highest BCUT2D eigenvalue weighted by Crippen LogP contribution is 2.07. The molecule has 0 aromatic carbocycles. The Morgan fingerprint density at radius 2 is 2.05 bits per heavy atom. The van der Waals surface area contributed by atoms with E-state index in [1.807, 2.05) is 16.9 Å². The van der Waals surface area contributed by atoms with E-state index in [0.717, 1.165) is 13.0 Å². The lowest BCUT2D eigenvalue weighted by atomic mass is 10.1. The van der Waals surface area contributed by atoms with Crippen LogP contribution >= 0.6 is 0 Å². The van der Waals surface area contributed by atoms with Crippen LogP contribution in [0.1, 0.15) is 34.1 Å². The first-order chi connectivity index (χ1) is 9.47. The van der Waals surface area contributed by atoms with Crippen LogP contribution in [0.3, 0.4) is 0 Å². The van der Waals surface area contributed by atoms with Crippen molar-refractivity contribution in [3.63, 3.8) is 0 Å². The fourth-order valence-corrected chi connectivity index (χ4v) is 2.16. The monoisotopic (exact) mass is 283 g/mol. The molecule has 1 aromatic heterocycles. The number of nitrogens with zero attached hydrogens (tertiary/aromatic N) is 2. The molecule has 0 radical (unpaired) electrons.